The van der Waals surface area contributed by atoms with Crippen LogP contribution in [0.4, 0.5) is 5.69 Å². The van der Waals surface area contributed by atoms with Gasteiger partial charge in [0.15, 0.2) is 12.0 Å². The maximum Gasteiger partial charge on any atom is 0.325 e. The minimum atomic E-state index is -0.656. The number of nitro benzene ring substituents is 1. The predicted molar refractivity (Wildman–Crippen MR) is 56.2 cm³/mol. The van der Waals surface area contributed by atoms with Gasteiger partial charge in [-0.05, 0) is 19.1 Å². The summed E-state index contributed by atoms with van der Waals surface area (Å²) in [6.07, 6.45) is 0.417. The van der Waals surface area contributed by atoms with E-state index in [9.17, 15) is 14.9 Å². The van der Waals surface area contributed by atoms with Gasteiger partial charge in [-0.3, -0.25) is 14.9 Å². The van der Waals surface area contributed by atoms with Crippen LogP contribution in [0.25, 0.3) is 0 Å². The van der Waals surface area contributed by atoms with Crippen LogP contribution in [0.1, 0.15) is 17.3 Å². The molecule has 0 radical (unpaired) electrons. The number of aldehydes is 1. The van der Waals surface area contributed by atoms with Crippen LogP contribution in [-0.2, 0) is 0 Å². The predicted octanol–water partition coefficient (Wildman–Crippen LogP) is 1.81. The Morgan fingerprint density at radius 2 is 2.19 bits per heavy atom. The van der Waals surface area contributed by atoms with Crippen LogP contribution in [-0.4, -0.2) is 24.9 Å². The van der Waals surface area contributed by atoms with Crippen molar-refractivity contribution in [3.63, 3.8) is 0 Å². The lowest BCUT2D eigenvalue weighted by Gasteiger charge is -2.10. The first kappa shape index (κ1) is 12.0. The molecular formula is C10H11NO5. The summed E-state index contributed by atoms with van der Waals surface area (Å²) in [5.41, 5.74) is -0.398. The van der Waals surface area contributed by atoms with Crippen LogP contribution >= 0.6 is 0 Å². The topological polar surface area (TPSA) is 78.7 Å². The Labute approximate surface area is 91.9 Å². The molecule has 0 bridgehead atoms. The fourth-order valence-corrected chi connectivity index (χ4v) is 1.30. The maximum atomic E-state index is 10.9. The van der Waals surface area contributed by atoms with Crippen LogP contribution in [0.15, 0.2) is 12.1 Å². The highest BCUT2D eigenvalue weighted by Crippen LogP contribution is 2.38. The van der Waals surface area contributed by atoms with Gasteiger partial charge in [0.2, 0.25) is 5.75 Å². The summed E-state index contributed by atoms with van der Waals surface area (Å²) in [5.74, 6) is 0.221. The lowest BCUT2D eigenvalue weighted by atomic mass is 10.1. The van der Waals surface area contributed by atoms with Gasteiger partial charge in [-0.25, -0.2) is 0 Å². The van der Waals surface area contributed by atoms with Gasteiger partial charge in [0.1, 0.15) is 0 Å². The molecular weight excluding hydrogens is 214 g/mol. The molecule has 0 fully saturated rings. The summed E-state index contributed by atoms with van der Waals surface area (Å²) in [5, 5.41) is 10.9. The van der Waals surface area contributed by atoms with Crippen molar-refractivity contribution in [2.24, 2.45) is 0 Å². The fourth-order valence-electron chi connectivity index (χ4n) is 1.30. The third kappa shape index (κ3) is 2.10. The Balaban J connectivity index is 3.46. The van der Waals surface area contributed by atoms with E-state index < -0.39 is 4.92 Å². The Kier molecular flexibility index (Phi) is 3.82. The van der Waals surface area contributed by atoms with E-state index in [4.69, 9.17) is 9.47 Å². The van der Waals surface area contributed by atoms with Gasteiger partial charge in [-0.15, -0.1) is 0 Å². The number of ether oxygens (including phenoxy) is 2. The molecule has 0 heterocycles. The number of benzene rings is 1. The zero-order valence-electron chi connectivity index (χ0n) is 8.93. The highest BCUT2D eigenvalue weighted by molar-refractivity contribution is 5.85. The summed E-state index contributed by atoms with van der Waals surface area (Å²) in [6.45, 7) is 1.94. The van der Waals surface area contributed by atoms with Gasteiger partial charge >= 0.3 is 5.69 Å². The van der Waals surface area contributed by atoms with Crippen molar-refractivity contribution in [1.29, 1.82) is 0 Å². The van der Waals surface area contributed by atoms with Gasteiger partial charge in [0.05, 0.1) is 24.2 Å². The van der Waals surface area contributed by atoms with E-state index in [1.165, 1.54) is 19.2 Å². The molecule has 0 aromatic heterocycles. The average molecular weight is 225 g/mol. The van der Waals surface area contributed by atoms with Crippen molar-refractivity contribution in [2.45, 2.75) is 6.92 Å². The summed E-state index contributed by atoms with van der Waals surface area (Å²) in [7, 11) is 1.38. The van der Waals surface area contributed by atoms with Crippen molar-refractivity contribution in [3.05, 3.63) is 27.8 Å². The van der Waals surface area contributed by atoms with E-state index in [1.807, 2.05) is 0 Å². The van der Waals surface area contributed by atoms with Crippen molar-refractivity contribution >= 4 is 12.0 Å². The van der Waals surface area contributed by atoms with Crippen molar-refractivity contribution in [3.8, 4) is 11.5 Å². The molecule has 6 nitrogen and oxygen atoms in total. The normalized spacial score (nSPS) is 9.62. The van der Waals surface area contributed by atoms with Crippen molar-refractivity contribution < 1.29 is 19.2 Å². The molecule has 1 aromatic rings. The molecule has 86 valence electrons. The molecule has 0 amide bonds. The molecule has 6 heteroatoms. The van der Waals surface area contributed by atoms with Crippen LogP contribution < -0.4 is 9.47 Å². The van der Waals surface area contributed by atoms with Gasteiger partial charge in [0, 0.05) is 0 Å². The van der Waals surface area contributed by atoms with E-state index in [0.29, 0.717) is 6.29 Å². The number of rotatable bonds is 5. The molecule has 0 atom stereocenters. The summed E-state index contributed by atoms with van der Waals surface area (Å²) >= 11 is 0. The number of carbonyl (C=O) groups is 1. The Morgan fingerprint density at radius 1 is 1.50 bits per heavy atom. The van der Waals surface area contributed by atoms with E-state index in [1.54, 1.807) is 6.92 Å². The number of hydrogen-bond donors (Lipinski definition) is 0. The second-order valence-electron chi connectivity index (χ2n) is 2.84. The first-order chi connectivity index (χ1) is 7.65. The number of hydrogen-bond acceptors (Lipinski definition) is 5. The Bertz CT molecular complexity index is 416. The average Bonchev–Trinajstić information content (AvgIpc) is 2.28. The van der Waals surface area contributed by atoms with E-state index in [-0.39, 0.29) is 29.4 Å². The van der Waals surface area contributed by atoms with Gasteiger partial charge < -0.3 is 9.47 Å². The maximum absolute atomic E-state index is 10.9. The molecule has 1 rings (SSSR count). The molecule has 0 N–H and O–H groups in total. The highest BCUT2D eigenvalue weighted by Gasteiger charge is 2.24. The van der Waals surface area contributed by atoms with E-state index in [2.05, 4.69) is 0 Å². The lowest BCUT2D eigenvalue weighted by Crippen LogP contribution is -2.03. The third-order valence-corrected chi connectivity index (χ3v) is 1.94. The zero-order valence-corrected chi connectivity index (χ0v) is 8.93. The quantitative estimate of drug-likeness (QED) is 0.433. The molecule has 0 aliphatic carbocycles. The summed E-state index contributed by atoms with van der Waals surface area (Å²) in [6, 6.07) is 2.79. The number of nitro groups is 1. The smallest absolute Gasteiger partial charge is 0.325 e. The first-order valence-corrected chi connectivity index (χ1v) is 4.59. The molecule has 0 saturated heterocycles. The molecule has 0 aliphatic rings. The lowest BCUT2D eigenvalue weighted by molar-refractivity contribution is -0.386. The standard InChI is InChI=1S/C10H11NO5/c1-3-16-10-8(15-2)5-4-7(6-12)9(10)11(13)14/h4-6H,3H2,1-2H3. The van der Waals surface area contributed by atoms with Crippen molar-refractivity contribution in [1.82, 2.24) is 0 Å². The minimum absolute atomic E-state index is 0.0143. The summed E-state index contributed by atoms with van der Waals surface area (Å²) < 4.78 is 10.1. The minimum Gasteiger partial charge on any atom is -0.493 e. The second-order valence-corrected chi connectivity index (χ2v) is 2.84. The van der Waals surface area contributed by atoms with Crippen LogP contribution in [0.3, 0.4) is 0 Å². The van der Waals surface area contributed by atoms with Crippen LogP contribution in [0, 0.1) is 10.1 Å². The molecule has 16 heavy (non-hydrogen) atoms. The molecule has 1 aromatic carbocycles. The number of carbonyl (C=O) groups excluding carboxylic acids is 1. The van der Waals surface area contributed by atoms with Crippen molar-refractivity contribution in [2.75, 3.05) is 13.7 Å². The first-order valence-electron chi connectivity index (χ1n) is 4.59. The SMILES string of the molecule is CCOc1c(OC)ccc(C=O)c1[N+](=O)[O-]. The van der Waals surface area contributed by atoms with E-state index in [0.717, 1.165) is 0 Å². The van der Waals surface area contributed by atoms with Gasteiger partial charge in [0.25, 0.3) is 0 Å². The van der Waals surface area contributed by atoms with Gasteiger partial charge in [-0.2, -0.15) is 0 Å². The van der Waals surface area contributed by atoms with Crippen LogP contribution in [0.2, 0.25) is 0 Å². The van der Waals surface area contributed by atoms with E-state index >= 15 is 0 Å². The van der Waals surface area contributed by atoms with Gasteiger partial charge in [-0.1, -0.05) is 0 Å². The number of nitrogens with zero attached hydrogens (tertiary/aromatic N) is 1. The zero-order chi connectivity index (χ0) is 12.1. The van der Waals surface area contributed by atoms with Crippen LogP contribution in [0.5, 0.6) is 11.5 Å². The largest absolute Gasteiger partial charge is 0.493 e. The molecule has 0 unspecified atom stereocenters. The molecule has 0 spiro atoms. The fraction of sp³-hybridized carbons (Fsp3) is 0.300. The Morgan fingerprint density at radius 3 is 2.62 bits per heavy atom. The monoisotopic (exact) mass is 225 g/mol. The molecule has 0 aliphatic heterocycles. The Hall–Kier alpha value is -2.11. The highest BCUT2D eigenvalue weighted by atomic mass is 16.6. The third-order valence-electron chi connectivity index (χ3n) is 1.94. The molecule has 0 saturated carbocycles. The number of methoxy groups -OCH3 is 1. The second kappa shape index (κ2) is 5.11. The summed E-state index contributed by atoms with van der Waals surface area (Å²) in [4.78, 5) is 20.9.